The molecule has 2 rings (SSSR count). The van der Waals surface area contributed by atoms with Gasteiger partial charge >= 0.3 is 0 Å². The van der Waals surface area contributed by atoms with Gasteiger partial charge in [-0.2, -0.15) is 0 Å². The molecule has 0 spiro atoms. The number of amides is 1. The Morgan fingerprint density at radius 1 is 1.48 bits per heavy atom. The van der Waals surface area contributed by atoms with Crippen molar-refractivity contribution in [2.24, 2.45) is 0 Å². The van der Waals surface area contributed by atoms with Gasteiger partial charge in [0.2, 0.25) is 0 Å². The van der Waals surface area contributed by atoms with Crippen LogP contribution in [-0.2, 0) is 0 Å². The molecule has 116 valence electrons. The lowest BCUT2D eigenvalue weighted by Crippen LogP contribution is -2.46. The third-order valence-corrected chi connectivity index (χ3v) is 4.48. The monoisotopic (exact) mass is 356 g/mol. The normalized spacial score (nSPS) is 18.5. The SMILES string of the molecule is CCCN(CC1CCCCN1)C(=O)c1cc(F)ccc1Br. The Balaban J connectivity index is 2.12. The lowest BCUT2D eigenvalue weighted by Gasteiger charge is -2.30. The highest BCUT2D eigenvalue weighted by Gasteiger charge is 2.22. The minimum absolute atomic E-state index is 0.101. The van der Waals surface area contributed by atoms with Crippen molar-refractivity contribution in [3.8, 4) is 0 Å². The summed E-state index contributed by atoms with van der Waals surface area (Å²) in [7, 11) is 0. The maximum Gasteiger partial charge on any atom is 0.255 e. The van der Waals surface area contributed by atoms with E-state index in [4.69, 9.17) is 0 Å². The van der Waals surface area contributed by atoms with E-state index in [1.165, 1.54) is 25.0 Å². The molecule has 1 N–H and O–H groups in total. The standard InChI is InChI=1S/C16H22BrFN2O/c1-2-9-20(11-13-5-3-4-8-19-13)16(21)14-10-12(18)6-7-15(14)17/h6-7,10,13,19H,2-5,8-9,11H2,1H3. The van der Waals surface area contributed by atoms with Crippen molar-refractivity contribution in [1.82, 2.24) is 10.2 Å². The molecule has 1 atom stereocenters. The molecule has 5 heteroatoms. The number of halogens is 2. The molecule has 3 nitrogen and oxygen atoms in total. The summed E-state index contributed by atoms with van der Waals surface area (Å²) in [5, 5.41) is 3.46. The summed E-state index contributed by atoms with van der Waals surface area (Å²) < 4.78 is 14.1. The van der Waals surface area contributed by atoms with Crippen LogP contribution in [0.4, 0.5) is 4.39 Å². The highest BCUT2D eigenvalue weighted by Crippen LogP contribution is 2.20. The van der Waals surface area contributed by atoms with Gasteiger partial charge in [-0.25, -0.2) is 4.39 Å². The van der Waals surface area contributed by atoms with E-state index in [9.17, 15) is 9.18 Å². The molecule has 1 heterocycles. The quantitative estimate of drug-likeness (QED) is 0.874. The van der Waals surface area contributed by atoms with E-state index < -0.39 is 0 Å². The summed E-state index contributed by atoms with van der Waals surface area (Å²) in [6.07, 6.45) is 4.40. The zero-order valence-electron chi connectivity index (χ0n) is 12.4. The number of hydrogen-bond donors (Lipinski definition) is 1. The van der Waals surface area contributed by atoms with Crippen LogP contribution in [0.5, 0.6) is 0 Å². The fraction of sp³-hybridized carbons (Fsp3) is 0.562. The number of nitrogens with zero attached hydrogens (tertiary/aromatic N) is 1. The minimum atomic E-state index is -0.381. The van der Waals surface area contributed by atoms with Crippen molar-refractivity contribution in [2.75, 3.05) is 19.6 Å². The number of hydrogen-bond acceptors (Lipinski definition) is 2. The van der Waals surface area contributed by atoms with Gasteiger partial charge in [-0.1, -0.05) is 13.3 Å². The molecule has 0 saturated carbocycles. The van der Waals surface area contributed by atoms with E-state index in [-0.39, 0.29) is 11.7 Å². The largest absolute Gasteiger partial charge is 0.337 e. The fourth-order valence-corrected chi connectivity index (χ4v) is 3.14. The summed E-state index contributed by atoms with van der Waals surface area (Å²) in [6.45, 7) is 4.45. The summed E-state index contributed by atoms with van der Waals surface area (Å²) in [5.41, 5.74) is 0.402. The zero-order chi connectivity index (χ0) is 15.2. The van der Waals surface area contributed by atoms with Crippen molar-refractivity contribution in [3.63, 3.8) is 0 Å². The van der Waals surface area contributed by atoms with Crippen LogP contribution in [0.2, 0.25) is 0 Å². The lowest BCUT2D eigenvalue weighted by atomic mass is 10.0. The van der Waals surface area contributed by atoms with E-state index in [0.717, 1.165) is 19.4 Å². The lowest BCUT2D eigenvalue weighted by molar-refractivity contribution is 0.0730. The average Bonchev–Trinajstić information content (AvgIpc) is 2.49. The summed E-state index contributed by atoms with van der Waals surface area (Å²) >= 11 is 3.35. The Kier molecular flexibility index (Phi) is 6.18. The van der Waals surface area contributed by atoms with Crippen molar-refractivity contribution in [2.45, 2.75) is 38.6 Å². The second kappa shape index (κ2) is 7.90. The topological polar surface area (TPSA) is 32.3 Å². The molecule has 1 aliphatic rings. The fourth-order valence-electron chi connectivity index (χ4n) is 2.72. The first-order valence-corrected chi connectivity index (χ1v) is 8.39. The maximum atomic E-state index is 13.4. The predicted molar refractivity (Wildman–Crippen MR) is 85.9 cm³/mol. The van der Waals surface area contributed by atoms with Crippen molar-refractivity contribution in [3.05, 3.63) is 34.1 Å². The van der Waals surface area contributed by atoms with Gasteiger partial charge in [0.05, 0.1) is 5.56 Å². The molecule has 1 aliphatic heterocycles. The van der Waals surface area contributed by atoms with Crippen LogP contribution < -0.4 is 5.32 Å². The molecular weight excluding hydrogens is 335 g/mol. The smallest absolute Gasteiger partial charge is 0.255 e. The van der Waals surface area contributed by atoms with Crippen LogP contribution in [0.25, 0.3) is 0 Å². The van der Waals surface area contributed by atoms with Crippen molar-refractivity contribution >= 4 is 21.8 Å². The third-order valence-electron chi connectivity index (χ3n) is 3.79. The van der Waals surface area contributed by atoms with Crippen molar-refractivity contribution in [1.29, 1.82) is 0 Å². The van der Waals surface area contributed by atoms with Crippen LogP contribution in [0, 0.1) is 5.82 Å². The number of rotatable bonds is 5. The van der Waals surface area contributed by atoms with Crippen LogP contribution in [0.1, 0.15) is 43.0 Å². The van der Waals surface area contributed by atoms with E-state index in [1.807, 2.05) is 4.90 Å². The maximum absolute atomic E-state index is 13.4. The van der Waals surface area contributed by atoms with Crippen LogP contribution in [0.3, 0.4) is 0 Å². The van der Waals surface area contributed by atoms with E-state index in [2.05, 4.69) is 28.2 Å². The molecule has 21 heavy (non-hydrogen) atoms. The first-order chi connectivity index (χ1) is 10.1. The van der Waals surface area contributed by atoms with Gasteiger partial charge in [0.1, 0.15) is 5.82 Å². The zero-order valence-corrected chi connectivity index (χ0v) is 14.0. The van der Waals surface area contributed by atoms with E-state index in [0.29, 0.717) is 29.2 Å². The number of piperidine rings is 1. The van der Waals surface area contributed by atoms with Gasteiger partial charge in [-0.3, -0.25) is 4.79 Å². The first-order valence-electron chi connectivity index (χ1n) is 7.59. The molecule has 0 aromatic heterocycles. The first kappa shape index (κ1) is 16.4. The Labute approximate surface area is 134 Å². The van der Waals surface area contributed by atoms with E-state index in [1.54, 1.807) is 6.07 Å². The molecule has 0 aliphatic carbocycles. The highest BCUT2D eigenvalue weighted by molar-refractivity contribution is 9.10. The Hall–Kier alpha value is -0.940. The van der Waals surface area contributed by atoms with Crippen LogP contribution in [-0.4, -0.2) is 36.5 Å². The number of benzene rings is 1. The Morgan fingerprint density at radius 3 is 2.95 bits per heavy atom. The highest BCUT2D eigenvalue weighted by atomic mass is 79.9. The third kappa shape index (κ3) is 4.51. The molecule has 1 saturated heterocycles. The number of nitrogens with one attached hydrogen (secondary N) is 1. The summed E-state index contributed by atoms with van der Waals surface area (Å²) in [4.78, 5) is 14.5. The second-order valence-electron chi connectivity index (χ2n) is 5.52. The number of carbonyl (C=O) groups excluding carboxylic acids is 1. The second-order valence-corrected chi connectivity index (χ2v) is 6.38. The van der Waals surface area contributed by atoms with Crippen LogP contribution >= 0.6 is 15.9 Å². The molecule has 0 radical (unpaired) electrons. The molecule has 1 unspecified atom stereocenters. The molecule has 1 amide bonds. The van der Waals surface area contributed by atoms with Gasteiger partial charge in [0.25, 0.3) is 5.91 Å². The van der Waals surface area contributed by atoms with Gasteiger partial charge in [0, 0.05) is 23.6 Å². The number of carbonyl (C=O) groups is 1. The minimum Gasteiger partial charge on any atom is -0.337 e. The summed E-state index contributed by atoms with van der Waals surface area (Å²) in [6, 6.07) is 4.60. The van der Waals surface area contributed by atoms with Crippen LogP contribution in [0.15, 0.2) is 22.7 Å². The van der Waals surface area contributed by atoms with Crippen molar-refractivity contribution < 1.29 is 9.18 Å². The molecular formula is C16H22BrFN2O. The van der Waals surface area contributed by atoms with Gasteiger partial charge in [0.15, 0.2) is 0 Å². The van der Waals surface area contributed by atoms with Gasteiger partial charge in [-0.15, -0.1) is 0 Å². The Bertz CT molecular complexity index is 489. The van der Waals surface area contributed by atoms with Gasteiger partial charge in [-0.05, 0) is 59.9 Å². The molecule has 1 aromatic rings. The Morgan fingerprint density at radius 2 is 2.29 bits per heavy atom. The summed E-state index contributed by atoms with van der Waals surface area (Å²) in [5.74, 6) is -0.482. The predicted octanol–water partition coefficient (Wildman–Crippen LogP) is 3.58. The van der Waals surface area contributed by atoms with E-state index >= 15 is 0 Å². The van der Waals surface area contributed by atoms with Gasteiger partial charge < -0.3 is 10.2 Å². The molecule has 1 fully saturated rings. The molecule has 0 bridgehead atoms. The average molecular weight is 357 g/mol. The molecule has 1 aromatic carbocycles.